The van der Waals surface area contributed by atoms with E-state index in [0.29, 0.717) is 23.9 Å². The number of carbonyl (C=O) groups is 1. The third-order valence-corrected chi connectivity index (χ3v) is 5.21. The minimum Gasteiger partial charge on any atom is -0.424 e. The summed E-state index contributed by atoms with van der Waals surface area (Å²) in [6.07, 6.45) is 5.14. The molecule has 130 valence electrons. The molecule has 0 spiro atoms. The lowest BCUT2D eigenvalue weighted by Gasteiger charge is -2.37. The normalized spacial score (nSPS) is 23.6. The number of hydrogen-bond donors (Lipinski definition) is 0. The highest BCUT2D eigenvalue weighted by atomic mass is 16.5. The van der Waals surface area contributed by atoms with E-state index in [1.54, 1.807) is 18.5 Å². The van der Waals surface area contributed by atoms with Crippen molar-refractivity contribution in [3.05, 3.63) is 48.3 Å². The van der Waals surface area contributed by atoms with Gasteiger partial charge in [0, 0.05) is 45.0 Å². The Labute approximate surface area is 147 Å². The molecule has 2 aromatic rings. The number of carbonyl (C=O) groups excluding carboxylic acids is 1. The molecule has 1 amide bonds. The molecular weight excluding hydrogens is 316 g/mol. The SMILES string of the molecule is CN1C(=O)C[C@H]2CCN(Cc3ccc(Oc4ncccn4)cc3)C[C@H]21. The third-order valence-electron chi connectivity index (χ3n) is 5.21. The molecule has 2 atom stereocenters. The van der Waals surface area contributed by atoms with Gasteiger partial charge in [0.15, 0.2) is 0 Å². The van der Waals surface area contributed by atoms with Gasteiger partial charge in [0.1, 0.15) is 5.75 Å². The first-order chi connectivity index (χ1) is 12.2. The van der Waals surface area contributed by atoms with E-state index in [0.717, 1.165) is 38.2 Å². The first kappa shape index (κ1) is 16.0. The molecule has 2 aliphatic heterocycles. The van der Waals surface area contributed by atoms with Crippen molar-refractivity contribution in [1.29, 1.82) is 0 Å². The van der Waals surface area contributed by atoms with E-state index >= 15 is 0 Å². The van der Waals surface area contributed by atoms with E-state index in [4.69, 9.17) is 4.74 Å². The van der Waals surface area contributed by atoms with Gasteiger partial charge in [-0.15, -0.1) is 0 Å². The van der Waals surface area contributed by atoms with Crippen LogP contribution in [-0.2, 0) is 11.3 Å². The van der Waals surface area contributed by atoms with Crippen LogP contribution in [0.3, 0.4) is 0 Å². The van der Waals surface area contributed by atoms with Gasteiger partial charge in [-0.05, 0) is 42.6 Å². The monoisotopic (exact) mass is 338 g/mol. The van der Waals surface area contributed by atoms with Crippen molar-refractivity contribution in [2.75, 3.05) is 20.1 Å². The summed E-state index contributed by atoms with van der Waals surface area (Å²) in [5, 5.41) is 0. The molecule has 0 unspecified atom stereocenters. The number of likely N-dealkylation sites (tertiary alicyclic amines) is 2. The van der Waals surface area contributed by atoms with Crippen LogP contribution in [0.4, 0.5) is 0 Å². The van der Waals surface area contributed by atoms with Crippen molar-refractivity contribution in [2.45, 2.75) is 25.4 Å². The standard InChI is InChI=1S/C19H22N4O2/c1-22-17-13-23(10-7-15(17)11-18(22)24)12-14-3-5-16(6-4-14)25-19-20-8-2-9-21-19/h2-6,8-9,15,17H,7,10-13H2,1H3/t15-,17-/m1/s1. The summed E-state index contributed by atoms with van der Waals surface area (Å²) in [4.78, 5) is 24.4. The Hall–Kier alpha value is -2.47. The topological polar surface area (TPSA) is 58.6 Å². The lowest BCUT2D eigenvalue weighted by atomic mass is 9.92. The zero-order chi connectivity index (χ0) is 17.2. The zero-order valence-electron chi connectivity index (χ0n) is 14.3. The van der Waals surface area contributed by atoms with E-state index in [1.807, 2.05) is 24.1 Å². The van der Waals surface area contributed by atoms with Crippen molar-refractivity contribution in [1.82, 2.24) is 19.8 Å². The highest BCUT2D eigenvalue weighted by molar-refractivity contribution is 5.79. The van der Waals surface area contributed by atoms with Crippen molar-refractivity contribution in [2.24, 2.45) is 5.92 Å². The molecular formula is C19H22N4O2. The van der Waals surface area contributed by atoms with E-state index in [2.05, 4.69) is 27.0 Å². The molecule has 1 aromatic heterocycles. The predicted octanol–water partition coefficient (Wildman–Crippen LogP) is 2.32. The molecule has 2 saturated heterocycles. The van der Waals surface area contributed by atoms with Crippen molar-refractivity contribution in [3.63, 3.8) is 0 Å². The van der Waals surface area contributed by atoms with Gasteiger partial charge >= 0.3 is 6.01 Å². The number of rotatable bonds is 4. The number of aromatic nitrogens is 2. The Balaban J connectivity index is 1.36. The van der Waals surface area contributed by atoms with Gasteiger partial charge in [-0.25, -0.2) is 9.97 Å². The molecule has 3 heterocycles. The number of ether oxygens (including phenoxy) is 1. The molecule has 0 N–H and O–H groups in total. The molecule has 2 aliphatic rings. The Kier molecular flexibility index (Phi) is 4.36. The smallest absolute Gasteiger partial charge is 0.321 e. The van der Waals surface area contributed by atoms with E-state index in [9.17, 15) is 4.79 Å². The molecule has 25 heavy (non-hydrogen) atoms. The number of nitrogens with zero attached hydrogens (tertiary/aromatic N) is 4. The van der Waals surface area contributed by atoms with Crippen LogP contribution in [0, 0.1) is 5.92 Å². The van der Waals surface area contributed by atoms with Gasteiger partial charge in [0.25, 0.3) is 0 Å². The largest absolute Gasteiger partial charge is 0.424 e. The van der Waals surface area contributed by atoms with Crippen LogP contribution >= 0.6 is 0 Å². The molecule has 4 rings (SSSR count). The summed E-state index contributed by atoms with van der Waals surface area (Å²) in [7, 11) is 1.94. The first-order valence-electron chi connectivity index (χ1n) is 8.71. The van der Waals surface area contributed by atoms with E-state index < -0.39 is 0 Å². The molecule has 6 heteroatoms. The summed E-state index contributed by atoms with van der Waals surface area (Å²) in [5.41, 5.74) is 1.24. The maximum absolute atomic E-state index is 11.9. The summed E-state index contributed by atoms with van der Waals surface area (Å²) in [5.74, 6) is 1.56. The average molecular weight is 338 g/mol. The minimum atomic E-state index is 0.293. The van der Waals surface area contributed by atoms with Gasteiger partial charge in [0.05, 0.1) is 0 Å². The van der Waals surface area contributed by atoms with Crippen LogP contribution < -0.4 is 4.74 Å². The molecule has 6 nitrogen and oxygen atoms in total. The van der Waals surface area contributed by atoms with Crippen molar-refractivity contribution >= 4 is 5.91 Å². The van der Waals surface area contributed by atoms with Gasteiger partial charge in [-0.2, -0.15) is 0 Å². The maximum Gasteiger partial charge on any atom is 0.321 e. The zero-order valence-corrected chi connectivity index (χ0v) is 14.3. The predicted molar refractivity (Wildman–Crippen MR) is 93.1 cm³/mol. The number of hydrogen-bond acceptors (Lipinski definition) is 5. The third kappa shape index (κ3) is 3.49. The second kappa shape index (κ2) is 6.80. The van der Waals surface area contributed by atoms with E-state index in [1.165, 1.54) is 5.56 Å². The Morgan fingerprint density at radius 2 is 1.96 bits per heavy atom. The molecule has 0 aliphatic carbocycles. The van der Waals surface area contributed by atoms with Crippen LogP contribution in [0.25, 0.3) is 0 Å². The summed E-state index contributed by atoms with van der Waals surface area (Å²) >= 11 is 0. The van der Waals surface area contributed by atoms with Crippen LogP contribution in [0.15, 0.2) is 42.7 Å². The highest BCUT2D eigenvalue weighted by Crippen LogP contribution is 2.32. The molecule has 0 radical (unpaired) electrons. The second-order valence-electron chi connectivity index (χ2n) is 6.84. The number of likely N-dealkylation sites (N-methyl/N-ethyl adjacent to an activating group) is 1. The van der Waals surface area contributed by atoms with Gasteiger partial charge in [0.2, 0.25) is 5.91 Å². The van der Waals surface area contributed by atoms with Crippen LogP contribution in [-0.4, -0.2) is 51.9 Å². The Morgan fingerprint density at radius 3 is 2.72 bits per heavy atom. The van der Waals surface area contributed by atoms with Crippen LogP contribution in [0.1, 0.15) is 18.4 Å². The summed E-state index contributed by atoms with van der Waals surface area (Å²) < 4.78 is 5.63. The first-order valence-corrected chi connectivity index (χ1v) is 8.71. The fraction of sp³-hybridized carbons (Fsp3) is 0.421. The fourth-order valence-corrected chi connectivity index (χ4v) is 3.78. The molecule has 2 fully saturated rings. The lowest BCUT2D eigenvalue weighted by Crippen LogP contribution is -2.47. The van der Waals surface area contributed by atoms with Crippen LogP contribution in [0.2, 0.25) is 0 Å². The van der Waals surface area contributed by atoms with Crippen LogP contribution in [0.5, 0.6) is 11.8 Å². The van der Waals surface area contributed by atoms with Crippen molar-refractivity contribution in [3.8, 4) is 11.8 Å². The number of amides is 1. The number of fused-ring (bicyclic) bond motifs is 1. The fourth-order valence-electron chi connectivity index (χ4n) is 3.78. The quantitative estimate of drug-likeness (QED) is 0.856. The highest BCUT2D eigenvalue weighted by Gasteiger charge is 2.40. The molecule has 1 aromatic carbocycles. The van der Waals surface area contributed by atoms with Crippen molar-refractivity contribution < 1.29 is 9.53 Å². The molecule has 0 saturated carbocycles. The lowest BCUT2D eigenvalue weighted by molar-refractivity contribution is -0.127. The summed E-state index contributed by atoms with van der Waals surface area (Å²) in [6, 6.07) is 10.5. The van der Waals surface area contributed by atoms with Gasteiger partial charge < -0.3 is 9.64 Å². The number of benzene rings is 1. The maximum atomic E-state index is 11.9. The Bertz CT molecular complexity index is 735. The molecule has 0 bridgehead atoms. The van der Waals surface area contributed by atoms with E-state index in [-0.39, 0.29) is 0 Å². The second-order valence-corrected chi connectivity index (χ2v) is 6.84. The van der Waals surface area contributed by atoms with Gasteiger partial charge in [-0.3, -0.25) is 9.69 Å². The minimum absolute atomic E-state index is 0.293. The van der Waals surface area contributed by atoms with Gasteiger partial charge in [-0.1, -0.05) is 12.1 Å². The average Bonchev–Trinajstić information content (AvgIpc) is 2.92. The summed E-state index contributed by atoms with van der Waals surface area (Å²) in [6.45, 7) is 2.91. The Morgan fingerprint density at radius 1 is 1.20 bits per heavy atom. The number of piperidine rings is 1.